The topological polar surface area (TPSA) is 42.4 Å². The van der Waals surface area contributed by atoms with Gasteiger partial charge in [-0.05, 0) is 45.2 Å². The van der Waals surface area contributed by atoms with E-state index >= 15 is 0 Å². The predicted octanol–water partition coefficient (Wildman–Crippen LogP) is 3.05. The molecule has 0 radical (unpaired) electrons. The van der Waals surface area contributed by atoms with Crippen molar-refractivity contribution in [2.75, 3.05) is 39.5 Å². The molecule has 6 nitrogen and oxygen atoms in total. The summed E-state index contributed by atoms with van der Waals surface area (Å²) in [6.07, 6.45) is 6.84. The van der Waals surface area contributed by atoms with Crippen molar-refractivity contribution >= 4 is 23.3 Å². The average molecular weight is 448 g/mol. The Labute approximate surface area is 189 Å². The van der Waals surface area contributed by atoms with Crippen LogP contribution in [0.1, 0.15) is 37.7 Å². The number of benzene rings is 1. The summed E-state index contributed by atoms with van der Waals surface area (Å²) in [5.74, 6) is 0.824. The Morgan fingerprint density at radius 2 is 1.97 bits per heavy atom. The van der Waals surface area contributed by atoms with E-state index in [0.717, 1.165) is 48.9 Å². The van der Waals surface area contributed by atoms with E-state index in [1.165, 1.54) is 25.7 Å². The Kier molecular flexibility index (Phi) is 7.51. The van der Waals surface area contributed by atoms with Crippen LogP contribution in [-0.4, -0.2) is 88.9 Å². The molecular formula is C23H34FN5OS. The third kappa shape index (κ3) is 5.41. The summed E-state index contributed by atoms with van der Waals surface area (Å²) in [4.78, 5) is 17.8. The van der Waals surface area contributed by atoms with E-state index in [1.807, 2.05) is 24.2 Å². The summed E-state index contributed by atoms with van der Waals surface area (Å²) in [6.45, 7) is 3.42. The molecule has 0 aromatic heterocycles. The van der Waals surface area contributed by atoms with Crippen LogP contribution >= 0.6 is 11.8 Å². The van der Waals surface area contributed by atoms with Gasteiger partial charge in [-0.25, -0.2) is 4.39 Å². The lowest BCUT2D eigenvalue weighted by molar-refractivity contribution is -0.114. The number of carbonyl (C=O) groups excluding carboxylic acids is 1. The lowest BCUT2D eigenvalue weighted by Gasteiger charge is -2.42. The van der Waals surface area contributed by atoms with Crippen molar-refractivity contribution in [1.29, 1.82) is 0 Å². The van der Waals surface area contributed by atoms with E-state index in [2.05, 4.69) is 21.9 Å². The van der Waals surface area contributed by atoms with Crippen molar-refractivity contribution in [3.8, 4) is 0 Å². The number of thioether (sulfide) groups is 1. The molecule has 1 aromatic carbocycles. The van der Waals surface area contributed by atoms with E-state index < -0.39 is 0 Å². The molecule has 3 aliphatic heterocycles. The summed E-state index contributed by atoms with van der Waals surface area (Å²) >= 11 is 1.64. The van der Waals surface area contributed by atoms with E-state index in [-0.39, 0.29) is 5.82 Å². The standard InChI is InChI=1S/C23H34FN5OS/c1-26(16-18-6-3-4-7-22(18)24)21-14-19-8-9-20(15-21)29(19)11-5-10-27(2)25-23-28(17-30)12-13-31-23/h3-4,6-7,17,19-21H,5,8-16H2,1-2H3/b25-23+. The van der Waals surface area contributed by atoms with Crippen LogP contribution in [0.3, 0.4) is 0 Å². The lowest BCUT2D eigenvalue weighted by Crippen LogP contribution is -2.49. The van der Waals surface area contributed by atoms with Crippen LogP contribution in [0.15, 0.2) is 29.4 Å². The monoisotopic (exact) mass is 447 g/mol. The maximum Gasteiger partial charge on any atom is 0.215 e. The summed E-state index contributed by atoms with van der Waals surface area (Å²) in [5.41, 5.74) is 0.790. The van der Waals surface area contributed by atoms with Gasteiger partial charge in [-0.15, -0.1) is 0 Å². The van der Waals surface area contributed by atoms with Gasteiger partial charge < -0.3 is 0 Å². The molecule has 0 aliphatic carbocycles. The zero-order valence-corrected chi connectivity index (χ0v) is 19.4. The van der Waals surface area contributed by atoms with Crippen LogP contribution in [-0.2, 0) is 11.3 Å². The van der Waals surface area contributed by atoms with Crippen molar-refractivity contribution in [2.45, 2.75) is 56.8 Å². The molecule has 3 aliphatic rings. The maximum absolute atomic E-state index is 14.1. The van der Waals surface area contributed by atoms with Gasteiger partial charge in [-0.1, -0.05) is 30.0 Å². The fraction of sp³-hybridized carbons (Fsp3) is 0.652. The van der Waals surface area contributed by atoms with Gasteiger partial charge in [0.25, 0.3) is 0 Å². The molecule has 170 valence electrons. The number of nitrogens with zero attached hydrogens (tertiary/aromatic N) is 5. The van der Waals surface area contributed by atoms with E-state index in [9.17, 15) is 9.18 Å². The quantitative estimate of drug-likeness (QED) is 0.430. The predicted molar refractivity (Wildman–Crippen MR) is 124 cm³/mol. The van der Waals surface area contributed by atoms with Crippen molar-refractivity contribution < 1.29 is 9.18 Å². The van der Waals surface area contributed by atoms with Crippen LogP contribution in [0.5, 0.6) is 0 Å². The van der Waals surface area contributed by atoms with Crippen molar-refractivity contribution in [1.82, 2.24) is 19.7 Å². The lowest BCUT2D eigenvalue weighted by atomic mass is 9.95. The smallest absolute Gasteiger partial charge is 0.215 e. The normalized spacial score (nSPS) is 27.4. The molecule has 4 rings (SSSR count). The number of carbonyl (C=O) groups is 1. The van der Waals surface area contributed by atoms with Gasteiger partial charge in [0.15, 0.2) is 5.17 Å². The molecule has 3 fully saturated rings. The van der Waals surface area contributed by atoms with Crippen molar-refractivity contribution in [3.05, 3.63) is 35.6 Å². The van der Waals surface area contributed by atoms with Gasteiger partial charge >= 0.3 is 0 Å². The first-order chi connectivity index (χ1) is 15.0. The van der Waals surface area contributed by atoms with E-state index in [1.54, 1.807) is 28.8 Å². The number of piperidine rings is 1. The third-order valence-electron chi connectivity index (χ3n) is 6.95. The van der Waals surface area contributed by atoms with Gasteiger partial charge in [0.1, 0.15) is 5.82 Å². The number of halogens is 1. The van der Waals surface area contributed by atoms with Crippen LogP contribution in [0.2, 0.25) is 0 Å². The van der Waals surface area contributed by atoms with Crippen LogP contribution in [0.25, 0.3) is 0 Å². The molecule has 2 atom stereocenters. The minimum absolute atomic E-state index is 0.102. The van der Waals surface area contributed by atoms with Gasteiger partial charge in [-0.2, -0.15) is 5.10 Å². The molecule has 8 heteroatoms. The second-order valence-electron chi connectivity index (χ2n) is 9.02. The molecule has 2 bridgehead atoms. The fourth-order valence-corrected chi connectivity index (χ4v) is 6.24. The number of hydrogen-bond donors (Lipinski definition) is 0. The van der Waals surface area contributed by atoms with Crippen LogP contribution < -0.4 is 0 Å². The highest BCUT2D eigenvalue weighted by Gasteiger charge is 2.41. The molecule has 31 heavy (non-hydrogen) atoms. The molecule has 3 saturated heterocycles. The highest BCUT2D eigenvalue weighted by molar-refractivity contribution is 8.14. The number of fused-ring (bicyclic) bond motifs is 2. The highest BCUT2D eigenvalue weighted by Crippen LogP contribution is 2.37. The Bertz CT molecular complexity index is 779. The minimum Gasteiger partial charge on any atom is -0.299 e. The zero-order valence-electron chi connectivity index (χ0n) is 18.6. The SMILES string of the molecule is CN(CCCN1C2CCC1CC(N(C)Cc1ccccc1F)C2)/N=C1/SCCN1C=O. The molecule has 2 unspecified atom stereocenters. The average Bonchev–Trinajstić information content (AvgIpc) is 3.29. The fourth-order valence-electron chi connectivity index (χ4n) is 5.27. The highest BCUT2D eigenvalue weighted by atomic mass is 32.2. The number of hydrogen-bond acceptors (Lipinski definition) is 6. The molecule has 3 heterocycles. The molecule has 0 saturated carbocycles. The number of hydrazone groups is 1. The molecule has 1 aromatic rings. The Morgan fingerprint density at radius 1 is 1.23 bits per heavy atom. The van der Waals surface area contributed by atoms with Gasteiger partial charge in [-0.3, -0.25) is 24.5 Å². The number of amidine groups is 1. The number of amides is 1. The van der Waals surface area contributed by atoms with E-state index in [0.29, 0.717) is 24.7 Å². The Hall–Kier alpha value is -1.64. The number of rotatable bonds is 9. The first-order valence-corrected chi connectivity index (χ1v) is 12.4. The summed E-state index contributed by atoms with van der Waals surface area (Å²) < 4.78 is 14.1. The first-order valence-electron chi connectivity index (χ1n) is 11.4. The second-order valence-corrected chi connectivity index (χ2v) is 10.1. The van der Waals surface area contributed by atoms with Crippen LogP contribution in [0.4, 0.5) is 4.39 Å². The van der Waals surface area contributed by atoms with Gasteiger partial charge in [0, 0.05) is 62.7 Å². The van der Waals surface area contributed by atoms with E-state index in [4.69, 9.17) is 0 Å². The zero-order chi connectivity index (χ0) is 21.8. The Balaban J connectivity index is 1.24. The molecule has 0 N–H and O–H groups in total. The molecule has 1 amide bonds. The minimum atomic E-state index is -0.102. The largest absolute Gasteiger partial charge is 0.299 e. The second kappa shape index (κ2) is 10.3. The van der Waals surface area contributed by atoms with Crippen molar-refractivity contribution in [3.63, 3.8) is 0 Å². The third-order valence-corrected chi connectivity index (χ3v) is 7.91. The van der Waals surface area contributed by atoms with Crippen molar-refractivity contribution in [2.24, 2.45) is 5.10 Å². The van der Waals surface area contributed by atoms with Crippen LogP contribution in [0, 0.1) is 5.82 Å². The van der Waals surface area contributed by atoms with Gasteiger partial charge in [0.2, 0.25) is 6.41 Å². The first kappa shape index (κ1) is 22.6. The van der Waals surface area contributed by atoms with Gasteiger partial charge in [0.05, 0.1) is 0 Å². The summed E-state index contributed by atoms with van der Waals surface area (Å²) in [7, 11) is 4.14. The summed E-state index contributed by atoms with van der Waals surface area (Å²) in [5, 5.41) is 7.39. The summed E-state index contributed by atoms with van der Waals surface area (Å²) in [6, 6.07) is 8.93. The molecular weight excluding hydrogens is 413 g/mol. The molecule has 0 spiro atoms. The maximum atomic E-state index is 14.1. The Morgan fingerprint density at radius 3 is 2.68 bits per heavy atom.